The van der Waals surface area contributed by atoms with Gasteiger partial charge in [0.2, 0.25) is 5.91 Å². The average Bonchev–Trinajstić information content (AvgIpc) is 3.21. The summed E-state index contributed by atoms with van der Waals surface area (Å²) in [5.74, 6) is 0.906. The van der Waals surface area contributed by atoms with E-state index in [4.69, 9.17) is 4.74 Å². The minimum atomic E-state index is 0.0596. The van der Waals surface area contributed by atoms with E-state index in [9.17, 15) is 4.79 Å². The van der Waals surface area contributed by atoms with Crippen LogP contribution in [-0.2, 0) is 11.3 Å². The van der Waals surface area contributed by atoms with Crippen molar-refractivity contribution in [3.63, 3.8) is 0 Å². The molecule has 0 saturated heterocycles. The van der Waals surface area contributed by atoms with Gasteiger partial charge < -0.3 is 19.5 Å². The summed E-state index contributed by atoms with van der Waals surface area (Å²) in [4.78, 5) is 15.0. The molecule has 2 aromatic carbocycles. The molecule has 5 heteroatoms. The van der Waals surface area contributed by atoms with Gasteiger partial charge in [-0.05, 0) is 60.7 Å². The topological polar surface area (TPSA) is 46.5 Å². The highest BCUT2D eigenvalue weighted by molar-refractivity contribution is 5.87. The van der Waals surface area contributed by atoms with Crippen molar-refractivity contribution in [1.82, 2.24) is 14.8 Å². The van der Waals surface area contributed by atoms with Crippen molar-refractivity contribution in [3.8, 4) is 16.9 Å². The minimum Gasteiger partial charge on any atom is -0.497 e. The number of aromatic nitrogens is 1. The molecule has 1 aliphatic rings. The molecule has 0 bridgehead atoms. The Morgan fingerprint density at radius 3 is 2.55 bits per heavy atom. The summed E-state index contributed by atoms with van der Waals surface area (Å²) in [5.41, 5.74) is 3.33. The van der Waals surface area contributed by atoms with Gasteiger partial charge in [0.05, 0.1) is 7.11 Å². The molecule has 31 heavy (non-hydrogen) atoms. The van der Waals surface area contributed by atoms with Crippen LogP contribution in [0.1, 0.15) is 32.1 Å². The van der Waals surface area contributed by atoms with Crippen molar-refractivity contribution < 1.29 is 9.53 Å². The molecule has 1 N–H and O–H groups in total. The number of hydrogen-bond donors (Lipinski definition) is 1. The SMILES string of the molecule is COc1ccc(-c2ccc3ccn(CC(=O)NCCN(C)C4CCCCC4)c3c2)cc1. The van der Waals surface area contributed by atoms with Crippen LogP contribution in [0.2, 0.25) is 0 Å². The second-order valence-corrected chi connectivity index (χ2v) is 8.57. The number of carbonyl (C=O) groups is 1. The van der Waals surface area contributed by atoms with Gasteiger partial charge in [-0.25, -0.2) is 0 Å². The minimum absolute atomic E-state index is 0.0596. The summed E-state index contributed by atoms with van der Waals surface area (Å²) in [5, 5.41) is 4.24. The molecule has 0 spiro atoms. The molecular formula is C26H33N3O2. The first-order valence-electron chi connectivity index (χ1n) is 11.3. The van der Waals surface area contributed by atoms with Crippen LogP contribution in [0.4, 0.5) is 0 Å². The number of nitrogens with one attached hydrogen (secondary N) is 1. The fourth-order valence-electron chi connectivity index (χ4n) is 4.57. The van der Waals surface area contributed by atoms with Gasteiger partial charge in [0.25, 0.3) is 0 Å². The second-order valence-electron chi connectivity index (χ2n) is 8.57. The summed E-state index contributed by atoms with van der Waals surface area (Å²) in [6.45, 7) is 1.94. The van der Waals surface area contributed by atoms with E-state index in [1.165, 1.54) is 32.1 Å². The van der Waals surface area contributed by atoms with Gasteiger partial charge >= 0.3 is 0 Å². The van der Waals surface area contributed by atoms with Crippen molar-refractivity contribution in [1.29, 1.82) is 0 Å². The van der Waals surface area contributed by atoms with E-state index in [2.05, 4.69) is 53.7 Å². The summed E-state index contributed by atoms with van der Waals surface area (Å²) in [7, 11) is 3.86. The van der Waals surface area contributed by atoms with Crippen molar-refractivity contribution >= 4 is 16.8 Å². The first-order valence-corrected chi connectivity index (χ1v) is 11.3. The van der Waals surface area contributed by atoms with Crippen LogP contribution < -0.4 is 10.1 Å². The van der Waals surface area contributed by atoms with Crippen LogP contribution in [0.15, 0.2) is 54.7 Å². The predicted octanol–water partition coefficient (Wildman–Crippen LogP) is 4.70. The molecular weight excluding hydrogens is 386 g/mol. The molecule has 0 unspecified atom stereocenters. The molecule has 5 nitrogen and oxygen atoms in total. The Balaban J connectivity index is 1.36. The van der Waals surface area contributed by atoms with Gasteiger partial charge in [-0.15, -0.1) is 0 Å². The van der Waals surface area contributed by atoms with Gasteiger partial charge in [-0.3, -0.25) is 4.79 Å². The molecule has 3 aromatic rings. The van der Waals surface area contributed by atoms with Crippen LogP contribution in [0.25, 0.3) is 22.0 Å². The maximum atomic E-state index is 12.6. The molecule has 1 fully saturated rings. The van der Waals surface area contributed by atoms with Crippen LogP contribution in [-0.4, -0.2) is 48.7 Å². The zero-order chi connectivity index (χ0) is 21.6. The number of hydrogen-bond acceptors (Lipinski definition) is 3. The first-order chi connectivity index (χ1) is 15.1. The van der Waals surface area contributed by atoms with E-state index < -0.39 is 0 Å². The lowest BCUT2D eigenvalue weighted by Crippen LogP contribution is -2.40. The summed E-state index contributed by atoms with van der Waals surface area (Å²) >= 11 is 0. The number of rotatable bonds is 8. The highest BCUT2D eigenvalue weighted by atomic mass is 16.5. The van der Waals surface area contributed by atoms with Crippen LogP contribution in [0, 0.1) is 0 Å². The van der Waals surface area contributed by atoms with E-state index in [-0.39, 0.29) is 5.91 Å². The number of nitrogens with zero attached hydrogens (tertiary/aromatic N) is 2. The van der Waals surface area contributed by atoms with E-state index in [0.29, 0.717) is 19.1 Å². The lowest BCUT2D eigenvalue weighted by atomic mass is 9.94. The second kappa shape index (κ2) is 10.0. The number of fused-ring (bicyclic) bond motifs is 1. The lowest BCUT2D eigenvalue weighted by Gasteiger charge is -2.31. The van der Waals surface area contributed by atoms with E-state index in [0.717, 1.165) is 34.3 Å². The maximum Gasteiger partial charge on any atom is 0.239 e. The van der Waals surface area contributed by atoms with E-state index in [1.54, 1.807) is 7.11 Å². The fraction of sp³-hybridized carbons (Fsp3) is 0.423. The Kier molecular flexibility index (Phi) is 6.92. The third-order valence-electron chi connectivity index (χ3n) is 6.50. The Labute approximate surface area is 185 Å². The Bertz CT molecular complexity index is 1000. The zero-order valence-corrected chi connectivity index (χ0v) is 18.6. The Morgan fingerprint density at radius 1 is 1.06 bits per heavy atom. The van der Waals surface area contributed by atoms with Crippen LogP contribution >= 0.6 is 0 Å². The van der Waals surface area contributed by atoms with Crippen LogP contribution in [0.5, 0.6) is 5.75 Å². The molecule has 0 atom stereocenters. The molecule has 0 radical (unpaired) electrons. The summed E-state index contributed by atoms with van der Waals surface area (Å²) in [6.07, 6.45) is 8.61. The molecule has 0 aliphatic heterocycles. The largest absolute Gasteiger partial charge is 0.497 e. The lowest BCUT2D eigenvalue weighted by molar-refractivity contribution is -0.121. The molecule has 4 rings (SSSR count). The van der Waals surface area contributed by atoms with Gasteiger partial charge in [-0.2, -0.15) is 0 Å². The molecule has 1 amide bonds. The normalized spacial score (nSPS) is 14.8. The average molecular weight is 420 g/mol. The molecule has 1 saturated carbocycles. The summed E-state index contributed by atoms with van der Waals surface area (Å²) < 4.78 is 7.29. The fourth-order valence-corrected chi connectivity index (χ4v) is 4.57. The quantitative estimate of drug-likeness (QED) is 0.576. The standard InChI is InChI=1S/C26H33N3O2/c1-28(23-6-4-3-5-7-23)17-15-27-26(30)19-29-16-14-21-8-9-22(18-25(21)29)20-10-12-24(31-2)13-11-20/h8-14,16,18,23H,3-7,15,17,19H2,1-2H3,(H,27,30). The molecule has 1 aromatic heterocycles. The summed E-state index contributed by atoms with van der Waals surface area (Å²) in [6, 6.07) is 17.2. The molecule has 1 heterocycles. The van der Waals surface area contributed by atoms with Crippen LogP contribution in [0.3, 0.4) is 0 Å². The smallest absolute Gasteiger partial charge is 0.239 e. The Hall–Kier alpha value is -2.79. The zero-order valence-electron chi connectivity index (χ0n) is 18.6. The number of ether oxygens (including phenoxy) is 1. The third kappa shape index (κ3) is 5.28. The number of likely N-dealkylation sites (N-methyl/N-ethyl adjacent to an activating group) is 1. The number of benzene rings is 2. The van der Waals surface area contributed by atoms with Crippen molar-refractivity contribution in [3.05, 3.63) is 54.7 Å². The first kappa shape index (κ1) is 21.4. The van der Waals surface area contributed by atoms with Gasteiger partial charge in [-0.1, -0.05) is 43.5 Å². The number of amides is 1. The molecule has 164 valence electrons. The van der Waals surface area contributed by atoms with Crippen molar-refractivity contribution in [2.75, 3.05) is 27.2 Å². The predicted molar refractivity (Wildman–Crippen MR) is 126 cm³/mol. The van der Waals surface area contributed by atoms with Gasteiger partial charge in [0, 0.05) is 30.8 Å². The number of carbonyl (C=O) groups excluding carboxylic acids is 1. The third-order valence-corrected chi connectivity index (χ3v) is 6.50. The maximum absolute atomic E-state index is 12.6. The van der Waals surface area contributed by atoms with E-state index in [1.807, 2.05) is 22.9 Å². The van der Waals surface area contributed by atoms with Gasteiger partial charge in [0.1, 0.15) is 12.3 Å². The number of methoxy groups -OCH3 is 1. The van der Waals surface area contributed by atoms with E-state index >= 15 is 0 Å². The monoisotopic (exact) mass is 419 g/mol. The molecule has 1 aliphatic carbocycles. The Morgan fingerprint density at radius 2 is 1.81 bits per heavy atom. The van der Waals surface area contributed by atoms with Crippen molar-refractivity contribution in [2.24, 2.45) is 0 Å². The van der Waals surface area contributed by atoms with Crippen molar-refractivity contribution in [2.45, 2.75) is 44.7 Å². The highest BCUT2D eigenvalue weighted by Crippen LogP contribution is 2.27. The highest BCUT2D eigenvalue weighted by Gasteiger charge is 2.17. The van der Waals surface area contributed by atoms with Gasteiger partial charge in [0.15, 0.2) is 0 Å².